The number of sulfonamides is 1. The Kier molecular flexibility index (Phi) is 3.22. The normalized spacial score (nSPS) is 21.2. The average molecular weight is 288 g/mol. The van der Waals surface area contributed by atoms with Crippen LogP contribution in [0.3, 0.4) is 0 Å². The highest BCUT2D eigenvalue weighted by Gasteiger charge is 2.47. The Morgan fingerprint density at radius 3 is 2.47 bits per heavy atom. The lowest BCUT2D eigenvalue weighted by Crippen LogP contribution is -2.28. The molecule has 0 saturated heterocycles. The third-order valence-electron chi connectivity index (χ3n) is 3.37. The van der Waals surface area contributed by atoms with E-state index in [0.717, 1.165) is 12.5 Å². The number of benzene rings is 1. The number of ether oxygens (including phenoxy) is 1. The predicted octanol–water partition coefficient (Wildman–Crippen LogP) is 1.49. The van der Waals surface area contributed by atoms with E-state index in [-0.39, 0.29) is 27.8 Å². The van der Waals surface area contributed by atoms with Crippen LogP contribution in [0.4, 0.5) is 10.1 Å². The third kappa shape index (κ3) is 2.66. The summed E-state index contributed by atoms with van der Waals surface area (Å²) < 4.78 is 45.1. The second kappa shape index (κ2) is 4.35. The van der Waals surface area contributed by atoms with Crippen molar-refractivity contribution >= 4 is 15.7 Å². The molecule has 106 valence electrons. The smallest absolute Gasteiger partial charge is 0.241 e. The summed E-state index contributed by atoms with van der Waals surface area (Å²) in [6.45, 7) is 3.92. The van der Waals surface area contributed by atoms with Crippen LogP contribution in [0.1, 0.15) is 20.3 Å². The molecule has 0 aliphatic heterocycles. The van der Waals surface area contributed by atoms with Gasteiger partial charge in [0.25, 0.3) is 0 Å². The lowest BCUT2D eigenvalue weighted by molar-refractivity contribution is 0.388. The average Bonchev–Trinajstić information content (AvgIpc) is 2.84. The van der Waals surface area contributed by atoms with Crippen LogP contribution in [0.25, 0.3) is 0 Å². The van der Waals surface area contributed by atoms with Gasteiger partial charge in [0.05, 0.1) is 17.7 Å². The predicted molar refractivity (Wildman–Crippen MR) is 69.9 cm³/mol. The number of anilines is 1. The highest BCUT2D eigenvalue weighted by atomic mass is 32.2. The number of nitrogen functional groups attached to an aromatic ring is 1. The zero-order chi connectivity index (χ0) is 14.4. The summed E-state index contributed by atoms with van der Waals surface area (Å²) in [7, 11) is -2.49. The molecule has 1 aliphatic rings. The summed E-state index contributed by atoms with van der Waals surface area (Å²) >= 11 is 0. The van der Waals surface area contributed by atoms with Gasteiger partial charge in [0.1, 0.15) is 0 Å². The summed E-state index contributed by atoms with van der Waals surface area (Å²) in [5.74, 6) is -0.941. The van der Waals surface area contributed by atoms with Gasteiger partial charge >= 0.3 is 0 Å². The van der Waals surface area contributed by atoms with Crippen LogP contribution < -0.4 is 15.2 Å². The fraction of sp³-hybridized carbons (Fsp3) is 0.500. The molecule has 0 radical (unpaired) electrons. The van der Waals surface area contributed by atoms with Crippen molar-refractivity contribution in [2.24, 2.45) is 5.41 Å². The minimum Gasteiger partial charge on any atom is -0.492 e. The lowest BCUT2D eigenvalue weighted by atomic mass is 10.2. The molecule has 1 saturated carbocycles. The number of halogens is 1. The molecule has 3 N–H and O–H groups in total. The quantitative estimate of drug-likeness (QED) is 0.823. The van der Waals surface area contributed by atoms with Gasteiger partial charge in [0.15, 0.2) is 11.6 Å². The van der Waals surface area contributed by atoms with E-state index in [4.69, 9.17) is 10.5 Å². The van der Waals surface area contributed by atoms with E-state index in [1.807, 2.05) is 13.8 Å². The molecule has 0 bridgehead atoms. The Morgan fingerprint density at radius 2 is 2.05 bits per heavy atom. The summed E-state index contributed by atoms with van der Waals surface area (Å²) in [5.41, 5.74) is 5.48. The van der Waals surface area contributed by atoms with Crippen LogP contribution in [0.5, 0.6) is 5.75 Å². The molecular formula is C12H17FN2O3S. The second-order valence-corrected chi connectivity index (χ2v) is 7.11. The van der Waals surface area contributed by atoms with Crippen LogP contribution in [-0.2, 0) is 10.0 Å². The topological polar surface area (TPSA) is 81.4 Å². The molecule has 0 aromatic heterocycles. The number of nitrogens with two attached hydrogens (primary N) is 1. The maximum Gasteiger partial charge on any atom is 0.241 e. The van der Waals surface area contributed by atoms with E-state index >= 15 is 0 Å². The highest BCUT2D eigenvalue weighted by molar-refractivity contribution is 7.89. The van der Waals surface area contributed by atoms with E-state index < -0.39 is 15.8 Å². The van der Waals surface area contributed by atoms with Crippen molar-refractivity contribution in [3.63, 3.8) is 0 Å². The Bertz CT molecular complexity index is 590. The van der Waals surface area contributed by atoms with Gasteiger partial charge in [0.2, 0.25) is 10.0 Å². The molecule has 0 amide bonds. The molecule has 1 fully saturated rings. The first kappa shape index (κ1) is 14.1. The van der Waals surface area contributed by atoms with Gasteiger partial charge in [-0.2, -0.15) is 0 Å². The third-order valence-corrected chi connectivity index (χ3v) is 4.82. The minimum absolute atomic E-state index is 0.0436. The largest absolute Gasteiger partial charge is 0.492 e. The SMILES string of the molecule is COc1c(N)cc(S(=O)(=O)NC2CC2(C)C)cc1F. The molecule has 2 rings (SSSR count). The maximum atomic E-state index is 13.6. The van der Waals surface area contributed by atoms with Crippen molar-refractivity contribution in [2.75, 3.05) is 12.8 Å². The maximum absolute atomic E-state index is 13.6. The second-order valence-electron chi connectivity index (χ2n) is 5.39. The fourth-order valence-electron chi connectivity index (χ4n) is 1.88. The minimum atomic E-state index is -3.76. The lowest BCUT2D eigenvalue weighted by Gasteiger charge is -2.11. The van der Waals surface area contributed by atoms with Gasteiger partial charge in [-0.05, 0) is 24.0 Å². The number of rotatable bonds is 4. The van der Waals surface area contributed by atoms with Crippen LogP contribution in [0, 0.1) is 11.2 Å². The number of hydrogen-bond acceptors (Lipinski definition) is 4. The molecular weight excluding hydrogens is 271 g/mol. The molecule has 19 heavy (non-hydrogen) atoms. The monoisotopic (exact) mass is 288 g/mol. The number of methoxy groups -OCH3 is 1. The fourth-order valence-corrected chi connectivity index (χ4v) is 3.34. The molecule has 1 aliphatic carbocycles. The molecule has 1 unspecified atom stereocenters. The Balaban J connectivity index is 2.31. The van der Waals surface area contributed by atoms with Crippen LogP contribution in [-0.4, -0.2) is 21.6 Å². The van der Waals surface area contributed by atoms with Crippen LogP contribution in [0.2, 0.25) is 0 Å². The first-order chi connectivity index (χ1) is 8.67. The van der Waals surface area contributed by atoms with Gasteiger partial charge in [-0.1, -0.05) is 13.8 Å². The van der Waals surface area contributed by atoms with Crippen molar-refractivity contribution in [1.82, 2.24) is 4.72 Å². The van der Waals surface area contributed by atoms with Gasteiger partial charge < -0.3 is 10.5 Å². The molecule has 0 spiro atoms. The first-order valence-corrected chi connectivity index (χ1v) is 7.31. The van der Waals surface area contributed by atoms with Crippen LogP contribution >= 0.6 is 0 Å². The Hall–Kier alpha value is -1.34. The van der Waals surface area contributed by atoms with Gasteiger partial charge in [-0.15, -0.1) is 0 Å². The Labute approximate surface area is 112 Å². The van der Waals surface area contributed by atoms with Gasteiger partial charge in [-0.3, -0.25) is 0 Å². The first-order valence-electron chi connectivity index (χ1n) is 5.83. The summed E-state index contributed by atoms with van der Waals surface area (Å²) in [5, 5.41) is 0. The van der Waals surface area contributed by atoms with Crippen LogP contribution in [0.15, 0.2) is 17.0 Å². The molecule has 1 aromatic carbocycles. The number of nitrogens with one attached hydrogen (secondary N) is 1. The van der Waals surface area contributed by atoms with E-state index in [2.05, 4.69) is 4.72 Å². The number of hydrogen-bond donors (Lipinski definition) is 2. The van der Waals surface area contributed by atoms with E-state index in [0.29, 0.717) is 0 Å². The zero-order valence-corrected chi connectivity index (χ0v) is 11.8. The van der Waals surface area contributed by atoms with Crippen molar-refractivity contribution in [3.05, 3.63) is 17.9 Å². The summed E-state index contributed by atoms with van der Waals surface area (Å²) in [6.07, 6.45) is 0.764. The van der Waals surface area contributed by atoms with Gasteiger partial charge in [0, 0.05) is 6.04 Å². The van der Waals surface area contributed by atoms with E-state index in [1.54, 1.807) is 0 Å². The van der Waals surface area contributed by atoms with E-state index in [9.17, 15) is 12.8 Å². The van der Waals surface area contributed by atoms with Crippen molar-refractivity contribution in [2.45, 2.75) is 31.2 Å². The zero-order valence-electron chi connectivity index (χ0n) is 11.0. The van der Waals surface area contributed by atoms with E-state index in [1.165, 1.54) is 13.2 Å². The molecule has 1 aromatic rings. The summed E-state index contributed by atoms with van der Waals surface area (Å²) in [6, 6.07) is 1.98. The van der Waals surface area contributed by atoms with Gasteiger partial charge in [-0.25, -0.2) is 17.5 Å². The highest BCUT2D eigenvalue weighted by Crippen LogP contribution is 2.45. The van der Waals surface area contributed by atoms with Crippen molar-refractivity contribution in [3.8, 4) is 5.75 Å². The molecule has 5 nitrogen and oxygen atoms in total. The van der Waals surface area contributed by atoms with Crippen molar-refractivity contribution in [1.29, 1.82) is 0 Å². The standard InChI is InChI=1S/C12H17FN2O3S/c1-12(2)6-10(12)15-19(16,17)7-4-8(13)11(18-3)9(14)5-7/h4-5,10,15H,6,14H2,1-3H3. The van der Waals surface area contributed by atoms with Crippen molar-refractivity contribution < 1.29 is 17.5 Å². The molecule has 1 atom stereocenters. The molecule has 7 heteroatoms. The Morgan fingerprint density at radius 1 is 1.47 bits per heavy atom. The summed E-state index contributed by atoms with van der Waals surface area (Å²) in [4.78, 5) is -0.189. The molecule has 0 heterocycles.